The van der Waals surface area contributed by atoms with Gasteiger partial charge in [0, 0.05) is 30.1 Å². The molecule has 2 aromatic rings. The van der Waals surface area contributed by atoms with Gasteiger partial charge in [0.15, 0.2) is 5.76 Å². The summed E-state index contributed by atoms with van der Waals surface area (Å²) in [7, 11) is 0. The highest BCUT2D eigenvalue weighted by Crippen LogP contribution is 2.16. The van der Waals surface area contributed by atoms with Gasteiger partial charge < -0.3 is 14.8 Å². The van der Waals surface area contributed by atoms with Crippen LogP contribution in [0.5, 0.6) is 0 Å². The number of carbonyl (C=O) groups excluding carboxylic acids is 1. The van der Waals surface area contributed by atoms with Crippen molar-refractivity contribution in [2.45, 2.75) is 12.8 Å². The van der Waals surface area contributed by atoms with Gasteiger partial charge in [0.2, 0.25) is 0 Å². The maximum atomic E-state index is 11.7. The van der Waals surface area contributed by atoms with Gasteiger partial charge in [-0.1, -0.05) is 6.92 Å². The minimum atomic E-state index is -1.13. The van der Waals surface area contributed by atoms with Crippen LogP contribution in [0.1, 0.15) is 38.8 Å². The fraction of sp³-hybridized carbons (Fsp3) is 0.250. The Hall–Kier alpha value is -2.15. The predicted octanol–water partition coefficient (Wildman–Crippen LogP) is 1.97. The maximum Gasteiger partial charge on any atom is 0.338 e. The summed E-state index contributed by atoms with van der Waals surface area (Å²) in [4.78, 5) is 26.6. The van der Waals surface area contributed by atoms with Crippen molar-refractivity contribution in [3.63, 3.8) is 0 Å². The number of carboxylic acid groups (broad SMARTS) is 1. The molecule has 1 atom stereocenters. The van der Waals surface area contributed by atoms with E-state index in [0.717, 1.165) is 11.3 Å². The molecule has 2 aromatic heterocycles. The van der Waals surface area contributed by atoms with Crippen LogP contribution < -0.4 is 5.32 Å². The minimum absolute atomic E-state index is 0.0104. The minimum Gasteiger partial charge on any atom is -0.478 e. The van der Waals surface area contributed by atoms with Gasteiger partial charge in [-0.25, -0.2) is 9.78 Å². The number of hydrogen-bond donors (Lipinski definition) is 2. The first-order valence-corrected chi connectivity index (χ1v) is 6.45. The standard InChI is InChI=1S/C12H12N2O4S/c1-7(11-13-2-3-19-11)5-14-10(15)9-4-8(6-18-9)12(16)17/h2-4,6-7H,5H2,1H3,(H,14,15)(H,16,17). The highest BCUT2D eigenvalue weighted by molar-refractivity contribution is 7.09. The summed E-state index contributed by atoms with van der Waals surface area (Å²) in [6.07, 6.45) is 2.76. The molecule has 0 bridgehead atoms. The van der Waals surface area contributed by atoms with Gasteiger partial charge in [-0.3, -0.25) is 4.79 Å². The molecule has 0 aliphatic carbocycles. The number of amides is 1. The van der Waals surface area contributed by atoms with Crippen molar-refractivity contribution in [1.29, 1.82) is 0 Å². The number of nitrogens with zero attached hydrogens (tertiary/aromatic N) is 1. The number of rotatable bonds is 5. The fourth-order valence-corrected chi connectivity index (χ4v) is 2.16. The van der Waals surface area contributed by atoms with Crippen LogP contribution in [-0.2, 0) is 0 Å². The third kappa shape index (κ3) is 3.19. The molecule has 0 radical (unpaired) electrons. The van der Waals surface area contributed by atoms with Crippen molar-refractivity contribution in [1.82, 2.24) is 10.3 Å². The predicted molar refractivity (Wildman–Crippen MR) is 68.5 cm³/mol. The quantitative estimate of drug-likeness (QED) is 0.873. The molecule has 1 amide bonds. The van der Waals surface area contributed by atoms with Crippen molar-refractivity contribution in [2.75, 3.05) is 6.54 Å². The molecule has 2 rings (SSSR count). The molecule has 0 aliphatic heterocycles. The molecule has 100 valence electrons. The van der Waals surface area contributed by atoms with Gasteiger partial charge in [-0.15, -0.1) is 11.3 Å². The number of thiazole rings is 1. The van der Waals surface area contributed by atoms with E-state index in [1.807, 2.05) is 12.3 Å². The lowest BCUT2D eigenvalue weighted by Crippen LogP contribution is -2.27. The molecule has 0 aromatic carbocycles. The van der Waals surface area contributed by atoms with E-state index in [1.54, 1.807) is 6.20 Å². The highest BCUT2D eigenvalue weighted by atomic mass is 32.1. The second-order valence-electron chi connectivity index (χ2n) is 3.99. The molecular formula is C12H12N2O4S. The largest absolute Gasteiger partial charge is 0.478 e. The van der Waals surface area contributed by atoms with Gasteiger partial charge in [-0.05, 0) is 0 Å². The third-order valence-electron chi connectivity index (χ3n) is 2.51. The van der Waals surface area contributed by atoms with E-state index in [1.165, 1.54) is 17.4 Å². The summed E-state index contributed by atoms with van der Waals surface area (Å²) in [5, 5.41) is 14.2. The zero-order chi connectivity index (χ0) is 13.8. The van der Waals surface area contributed by atoms with Crippen LogP contribution >= 0.6 is 11.3 Å². The fourth-order valence-electron chi connectivity index (χ4n) is 1.47. The molecule has 0 saturated carbocycles. The Balaban J connectivity index is 1.92. The number of carbonyl (C=O) groups is 2. The molecule has 1 unspecified atom stereocenters. The first kappa shape index (κ1) is 13.3. The topological polar surface area (TPSA) is 92.4 Å². The second kappa shape index (κ2) is 5.66. The SMILES string of the molecule is CC(CNC(=O)c1cc(C(=O)O)co1)c1nccs1. The Morgan fingerprint density at radius 1 is 1.58 bits per heavy atom. The van der Waals surface area contributed by atoms with E-state index in [2.05, 4.69) is 10.3 Å². The smallest absolute Gasteiger partial charge is 0.338 e. The van der Waals surface area contributed by atoms with Crippen LogP contribution in [0, 0.1) is 0 Å². The van der Waals surface area contributed by atoms with Crippen molar-refractivity contribution >= 4 is 23.2 Å². The number of aromatic nitrogens is 1. The van der Waals surface area contributed by atoms with Gasteiger partial charge in [0.1, 0.15) is 6.26 Å². The van der Waals surface area contributed by atoms with Crippen LogP contribution in [0.2, 0.25) is 0 Å². The molecule has 2 heterocycles. The molecule has 0 aliphatic rings. The summed E-state index contributed by atoms with van der Waals surface area (Å²) in [5.74, 6) is -1.48. The van der Waals surface area contributed by atoms with E-state index >= 15 is 0 Å². The molecule has 2 N–H and O–H groups in total. The Bertz CT molecular complexity index is 576. The first-order chi connectivity index (χ1) is 9.08. The van der Waals surface area contributed by atoms with E-state index in [4.69, 9.17) is 9.52 Å². The third-order valence-corrected chi connectivity index (χ3v) is 3.52. The van der Waals surface area contributed by atoms with Crippen molar-refractivity contribution in [3.05, 3.63) is 40.2 Å². The maximum absolute atomic E-state index is 11.7. The molecule has 0 spiro atoms. The molecule has 19 heavy (non-hydrogen) atoms. The average Bonchev–Trinajstić information content (AvgIpc) is 3.05. The number of aromatic carboxylic acids is 1. The summed E-state index contributed by atoms with van der Waals surface area (Å²) in [5.41, 5.74) is -0.0434. The van der Waals surface area contributed by atoms with E-state index in [9.17, 15) is 9.59 Å². The van der Waals surface area contributed by atoms with Gasteiger partial charge in [0.25, 0.3) is 5.91 Å². The van der Waals surface area contributed by atoms with Crippen molar-refractivity contribution < 1.29 is 19.1 Å². The summed E-state index contributed by atoms with van der Waals surface area (Å²) < 4.78 is 4.90. The van der Waals surface area contributed by atoms with E-state index in [-0.39, 0.29) is 17.2 Å². The van der Waals surface area contributed by atoms with Crippen LogP contribution in [-0.4, -0.2) is 28.5 Å². The van der Waals surface area contributed by atoms with Crippen LogP contribution in [0.3, 0.4) is 0 Å². The lowest BCUT2D eigenvalue weighted by atomic mass is 10.2. The van der Waals surface area contributed by atoms with Crippen LogP contribution in [0.4, 0.5) is 0 Å². The van der Waals surface area contributed by atoms with Gasteiger partial charge in [0.05, 0.1) is 10.6 Å². The van der Waals surface area contributed by atoms with E-state index in [0.29, 0.717) is 6.54 Å². The molecule has 0 fully saturated rings. The van der Waals surface area contributed by atoms with Gasteiger partial charge in [-0.2, -0.15) is 0 Å². The summed E-state index contributed by atoms with van der Waals surface area (Å²) >= 11 is 1.52. The normalized spacial score (nSPS) is 12.1. The van der Waals surface area contributed by atoms with Gasteiger partial charge >= 0.3 is 5.97 Å². The number of hydrogen-bond acceptors (Lipinski definition) is 5. The molecule has 7 heteroatoms. The van der Waals surface area contributed by atoms with E-state index < -0.39 is 11.9 Å². The Morgan fingerprint density at radius 3 is 2.95 bits per heavy atom. The Labute approximate surface area is 113 Å². The average molecular weight is 280 g/mol. The molecular weight excluding hydrogens is 268 g/mol. The first-order valence-electron chi connectivity index (χ1n) is 5.57. The summed E-state index contributed by atoms with van der Waals surface area (Å²) in [6.45, 7) is 2.36. The lowest BCUT2D eigenvalue weighted by molar-refractivity contribution is 0.0696. The highest BCUT2D eigenvalue weighted by Gasteiger charge is 2.16. The molecule has 6 nitrogen and oxygen atoms in total. The molecule has 0 saturated heterocycles. The number of carboxylic acids is 1. The summed E-state index contributed by atoms with van der Waals surface area (Å²) in [6, 6.07) is 1.20. The lowest BCUT2D eigenvalue weighted by Gasteiger charge is -2.08. The monoisotopic (exact) mass is 280 g/mol. The second-order valence-corrected chi connectivity index (χ2v) is 4.91. The zero-order valence-electron chi connectivity index (χ0n) is 10.1. The van der Waals surface area contributed by atoms with Crippen molar-refractivity contribution in [2.24, 2.45) is 0 Å². The Morgan fingerprint density at radius 2 is 2.37 bits per heavy atom. The van der Waals surface area contributed by atoms with Crippen LogP contribution in [0.15, 0.2) is 28.3 Å². The van der Waals surface area contributed by atoms with Crippen LogP contribution in [0.25, 0.3) is 0 Å². The number of nitrogens with one attached hydrogen (secondary N) is 1. The zero-order valence-corrected chi connectivity index (χ0v) is 10.9. The Kier molecular flexibility index (Phi) is 3.96. The number of furan rings is 1. The van der Waals surface area contributed by atoms with Crippen molar-refractivity contribution in [3.8, 4) is 0 Å².